The summed E-state index contributed by atoms with van der Waals surface area (Å²) in [7, 11) is 0. The summed E-state index contributed by atoms with van der Waals surface area (Å²) in [5.41, 5.74) is 3.24. The molecule has 0 aromatic carbocycles. The Balaban J connectivity index is 2.03. The predicted molar refractivity (Wildman–Crippen MR) is 62.3 cm³/mol. The van der Waals surface area contributed by atoms with E-state index in [0.717, 1.165) is 0 Å². The number of hydrogen-bond acceptors (Lipinski definition) is 7. The Morgan fingerprint density at radius 1 is 1.56 bits per heavy atom. The highest BCUT2D eigenvalue weighted by Crippen LogP contribution is 2.11. The average Bonchev–Trinajstić information content (AvgIpc) is 2.81. The number of hydrogen-bond donors (Lipinski definition) is 3. The molecule has 0 fully saturated rings. The molecule has 0 saturated carbocycles. The van der Waals surface area contributed by atoms with Crippen molar-refractivity contribution in [1.29, 1.82) is 0 Å². The minimum Gasteiger partial charge on any atom is -0.343 e. The number of nitrogens with two attached hydrogens (primary N) is 1. The molecule has 1 amide bonds. The third-order valence-electron chi connectivity index (χ3n) is 2.19. The second kappa shape index (κ2) is 5.23. The Morgan fingerprint density at radius 2 is 2.39 bits per heavy atom. The number of aryl methyl sites for hydroxylation is 1. The third-order valence-corrected chi connectivity index (χ3v) is 2.19. The van der Waals surface area contributed by atoms with Crippen molar-refractivity contribution in [2.45, 2.75) is 13.5 Å². The van der Waals surface area contributed by atoms with Crippen molar-refractivity contribution in [2.75, 3.05) is 5.43 Å². The summed E-state index contributed by atoms with van der Waals surface area (Å²) in [6, 6.07) is 1.56. The molecule has 4 N–H and O–H groups in total. The van der Waals surface area contributed by atoms with E-state index in [0.29, 0.717) is 23.0 Å². The maximum absolute atomic E-state index is 11.9. The van der Waals surface area contributed by atoms with Gasteiger partial charge in [0.1, 0.15) is 0 Å². The minimum absolute atomic E-state index is 0.159. The smallest absolute Gasteiger partial charge is 0.253 e. The molecule has 0 aliphatic carbocycles. The maximum Gasteiger partial charge on any atom is 0.253 e. The molecule has 0 aliphatic rings. The topological polar surface area (TPSA) is 119 Å². The molecule has 8 heteroatoms. The number of amides is 1. The van der Waals surface area contributed by atoms with Gasteiger partial charge in [0.15, 0.2) is 5.82 Å². The van der Waals surface area contributed by atoms with Crippen molar-refractivity contribution in [3.05, 3.63) is 35.7 Å². The molecule has 2 heterocycles. The lowest BCUT2D eigenvalue weighted by molar-refractivity contribution is 0.0947. The quantitative estimate of drug-likeness (QED) is 0.514. The normalized spacial score (nSPS) is 10.1. The Bertz CT molecular complexity index is 553. The van der Waals surface area contributed by atoms with Gasteiger partial charge in [-0.25, -0.2) is 0 Å². The number of nitrogen functional groups attached to an aromatic ring is 1. The highest BCUT2D eigenvalue weighted by Gasteiger charge is 2.11. The average molecular weight is 248 g/mol. The molecular weight excluding hydrogens is 236 g/mol. The molecule has 8 nitrogen and oxygen atoms in total. The highest BCUT2D eigenvalue weighted by atomic mass is 16.5. The van der Waals surface area contributed by atoms with Crippen LogP contribution in [0.25, 0.3) is 0 Å². The van der Waals surface area contributed by atoms with Gasteiger partial charge in [-0.3, -0.25) is 15.6 Å². The number of anilines is 1. The van der Waals surface area contributed by atoms with Gasteiger partial charge >= 0.3 is 0 Å². The fourth-order valence-electron chi connectivity index (χ4n) is 1.37. The van der Waals surface area contributed by atoms with E-state index in [1.807, 2.05) is 0 Å². The van der Waals surface area contributed by atoms with Crippen molar-refractivity contribution in [3.63, 3.8) is 0 Å². The number of aromatic nitrogens is 3. The van der Waals surface area contributed by atoms with Crippen LogP contribution in [0.3, 0.4) is 0 Å². The molecular formula is C10H12N6O2. The van der Waals surface area contributed by atoms with Crippen molar-refractivity contribution in [1.82, 2.24) is 20.4 Å². The Hall–Kier alpha value is -2.48. The number of pyridine rings is 1. The van der Waals surface area contributed by atoms with Gasteiger partial charge in [0.05, 0.1) is 24.0 Å². The summed E-state index contributed by atoms with van der Waals surface area (Å²) < 4.78 is 4.88. The van der Waals surface area contributed by atoms with Gasteiger partial charge in [-0.1, -0.05) is 5.16 Å². The van der Waals surface area contributed by atoms with E-state index in [-0.39, 0.29) is 12.5 Å². The molecule has 0 saturated heterocycles. The van der Waals surface area contributed by atoms with E-state index in [1.165, 1.54) is 12.4 Å². The fraction of sp³-hybridized carbons (Fsp3) is 0.200. The highest BCUT2D eigenvalue weighted by molar-refractivity contribution is 5.99. The Morgan fingerprint density at radius 3 is 3.06 bits per heavy atom. The lowest BCUT2D eigenvalue weighted by atomic mass is 10.2. The lowest BCUT2D eigenvalue weighted by Gasteiger charge is -2.07. The third kappa shape index (κ3) is 2.61. The zero-order valence-electron chi connectivity index (χ0n) is 9.67. The van der Waals surface area contributed by atoms with Gasteiger partial charge in [-0.2, -0.15) is 4.98 Å². The first-order valence-corrected chi connectivity index (χ1v) is 5.18. The second-order valence-corrected chi connectivity index (χ2v) is 3.48. The first kappa shape index (κ1) is 12.0. The molecule has 2 aromatic rings. The van der Waals surface area contributed by atoms with E-state index >= 15 is 0 Å². The van der Waals surface area contributed by atoms with E-state index in [2.05, 4.69) is 25.9 Å². The summed E-state index contributed by atoms with van der Waals surface area (Å²) in [6.07, 6.45) is 2.97. The minimum atomic E-state index is -0.304. The number of nitrogens with one attached hydrogen (secondary N) is 2. The Kier molecular flexibility index (Phi) is 3.49. The van der Waals surface area contributed by atoms with Gasteiger partial charge in [0, 0.05) is 6.20 Å². The van der Waals surface area contributed by atoms with Crippen molar-refractivity contribution < 1.29 is 9.32 Å². The summed E-state index contributed by atoms with van der Waals surface area (Å²) in [4.78, 5) is 19.7. The van der Waals surface area contributed by atoms with Crippen LogP contribution in [0.2, 0.25) is 0 Å². The SMILES string of the molecule is Cc1noc(CNC(=O)c2ccncc2NN)n1. The monoisotopic (exact) mass is 248 g/mol. The van der Waals surface area contributed by atoms with Gasteiger partial charge in [-0.05, 0) is 13.0 Å². The molecule has 94 valence electrons. The van der Waals surface area contributed by atoms with E-state index in [9.17, 15) is 4.79 Å². The van der Waals surface area contributed by atoms with Crippen LogP contribution in [0.5, 0.6) is 0 Å². The van der Waals surface area contributed by atoms with Crippen molar-refractivity contribution in [2.24, 2.45) is 5.84 Å². The van der Waals surface area contributed by atoms with Gasteiger partial charge < -0.3 is 15.3 Å². The van der Waals surface area contributed by atoms with Crippen LogP contribution in [0.1, 0.15) is 22.1 Å². The van der Waals surface area contributed by atoms with Crippen LogP contribution in [0.15, 0.2) is 23.0 Å². The Labute approximate surface area is 103 Å². The van der Waals surface area contributed by atoms with Gasteiger partial charge in [0.2, 0.25) is 5.89 Å². The van der Waals surface area contributed by atoms with E-state index in [1.54, 1.807) is 13.0 Å². The molecule has 0 aliphatic heterocycles. The zero-order chi connectivity index (χ0) is 13.0. The number of carbonyl (C=O) groups is 1. The van der Waals surface area contributed by atoms with Crippen LogP contribution < -0.4 is 16.6 Å². The van der Waals surface area contributed by atoms with Gasteiger partial charge in [0.25, 0.3) is 5.91 Å². The number of hydrazine groups is 1. The lowest BCUT2D eigenvalue weighted by Crippen LogP contribution is -2.25. The molecule has 18 heavy (non-hydrogen) atoms. The predicted octanol–water partition coefficient (Wildman–Crippen LogP) is -0.0114. The standard InChI is InChI=1S/C10H12N6O2/c1-6-14-9(18-16-6)5-13-10(17)7-2-3-12-4-8(7)15-11/h2-4,15H,5,11H2,1H3,(H,13,17). The van der Waals surface area contributed by atoms with Crippen LogP contribution >= 0.6 is 0 Å². The molecule has 0 atom stereocenters. The molecule has 0 radical (unpaired) electrons. The van der Waals surface area contributed by atoms with Crippen LogP contribution in [-0.4, -0.2) is 21.0 Å². The second-order valence-electron chi connectivity index (χ2n) is 3.48. The number of rotatable bonds is 4. The zero-order valence-corrected chi connectivity index (χ0v) is 9.67. The first-order chi connectivity index (χ1) is 8.70. The summed E-state index contributed by atoms with van der Waals surface area (Å²) in [5, 5.41) is 6.27. The summed E-state index contributed by atoms with van der Waals surface area (Å²) in [5.74, 6) is 5.85. The summed E-state index contributed by atoms with van der Waals surface area (Å²) in [6.45, 7) is 1.86. The first-order valence-electron chi connectivity index (χ1n) is 5.18. The van der Waals surface area contributed by atoms with Crippen molar-refractivity contribution in [3.8, 4) is 0 Å². The molecule has 0 spiro atoms. The largest absolute Gasteiger partial charge is 0.343 e. The number of carbonyl (C=O) groups excluding carboxylic acids is 1. The van der Waals surface area contributed by atoms with E-state index < -0.39 is 0 Å². The molecule has 0 unspecified atom stereocenters. The molecule has 0 bridgehead atoms. The van der Waals surface area contributed by atoms with Crippen LogP contribution in [-0.2, 0) is 6.54 Å². The van der Waals surface area contributed by atoms with Crippen LogP contribution in [0, 0.1) is 6.92 Å². The molecule has 2 aromatic heterocycles. The molecule has 2 rings (SSSR count). The number of nitrogens with zero attached hydrogens (tertiary/aromatic N) is 3. The van der Waals surface area contributed by atoms with Crippen molar-refractivity contribution >= 4 is 11.6 Å². The van der Waals surface area contributed by atoms with E-state index in [4.69, 9.17) is 10.4 Å². The maximum atomic E-state index is 11.9. The fourth-order valence-corrected chi connectivity index (χ4v) is 1.37. The summed E-state index contributed by atoms with van der Waals surface area (Å²) >= 11 is 0. The van der Waals surface area contributed by atoms with Crippen LogP contribution in [0.4, 0.5) is 5.69 Å². The van der Waals surface area contributed by atoms with Gasteiger partial charge in [-0.15, -0.1) is 0 Å².